The van der Waals surface area contributed by atoms with Crippen LogP contribution in [0.2, 0.25) is 5.02 Å². The molecule has 0 aliphatic heterocycles. The Labute approximate surface area is 215 Å². The van der Waals surface area contributed by atoms with E-state index < -0.39 is 30.5 Å². The molecule has 0 aliphatic rings. The Hall–Kier alpha value is -3.32. The van der Waals surface area contributed by atoms with Gasteiger partial charge in [0.2, 0.25) is 12.3 Å². The highest BCUT2D eigenvalue weighted by Gasteiger charge is 2.29. The second-order valence-corrected chi connectivity index (χ2v) is 8.33. The molecular formula is C24H24ClF4N5O3. The van der Waals surface area contributed by atoms with Crippen molar-refractivity contribution in [3.63, 3.8) is 0 Å². The molecule has 3 rings (SSSR count). The van der Waals surface area contributed by atoms with E-state index in [1.807, 2.05) is 24.3 Å². The Balaban J connectivity index is 1.77. The molecule has 1 aromatic heterocycles. The number of rotatable bonds is 12. The summed E-state index contributed by atoms with van der Waals surface area (Å²) >= 11 is 5.97. The molecule has 2 amide bonds. The SMILES string of the molecule is CC(=O)N(NCc1cccc(F)c1Cl)[C@@H](CNCC(F)(F)F)CON(C=O)c1cc2ccccc2cn1. The molecule has 2 N–H and O–H groups in total. The smallest absolute Gasteiger partial charge is 0.306 e. The van der Waals surface area contributed by atoms with Crippen LogP contribution in [0.3, 0.4) is 0 Å². The molecular weight excluding hydrogens is 518 g/mol. The van der Waals surface area contributed by atoms with Crippen molar-refractivity contribution in [3.8, 4) is 0 Å². The molecule has 0 fully saturated rings. The van der Waals surface area contributed by atoms with Gasteiger partial charge in [-0.2, -0.15) is 18.2 Å². The molecule has 0 unspecified atom stereocenters. The van der Waals surface area contributed by atoms with Crippen molar-refractivity contribution in [3.05, 3.63) is 71.1 Å². The molecule has 0 spiro atoms. The number of aromatic nitrogens is 1. The molecule has 3 aromatic rings. The number of hydroxylamine groups is 1. The highest BCUT2D eigenvalue weighted by Crippen LogP contribution is 2.21. The van der Waals surface area contributed by atoms with Crippen LogP contribution >= 0.6 is 11.6 Å². The van der Waals surface area contributed by atoms with Crippen LogP contribution in [0.4, 0.5) is 23.4 Å². The third kappa shape index (κ3) is 8.09. The molecule has 2 aromatic carbocycles. The van der Waals surface area contributed by atoms with Crippen LogP contribution in [0, 0.1) is 5.82 Å². The van der Waals surface area contributed by atoms with Crippen molar-refractivity contribution in [2.45, 2.75) is 25.7 Å². The average molecular weight is 542 g/mol. The van der Waals surface area contributed by atoms with E-state index in [-0.39, 0.29) is 30.5 Å². The van der Waals surface area contributed by atoms with Gasteiger partial charge in [-0.3, -0.25) is 19.4 Å². The number of hydrogen-bond acceptors (Lipinski definition) is 6. The van der Waals surface area contributed by atoms with Gasteiger partial charge in [0.15, 0.2) is 5.82 Å². The predicted molar refractivity (Wildman–Crippen MR) is 130 cm³/mol. The molecule has 0 saturated carbocycles. The second kappa shape index (κ2) is 12.8. The van der Waals surface area contributed by atoms with E-state index in [1.54, 1.807) is 12.3 Å². The summed E-state index contributed by atoms with van der Waals surface area (Å²) in [5.41, 5.74) is 3.09. The first-order chi connectivity index (χ1) is 17.6. The molecule has 13 heteroatoms. The summed E-state index contributed by atoms with van der Waals surface area (Å²) in [6.07, 6.45) is -2.59. The fourth-order valence-electron chi connectivity index (χ4n) is 3.47. The van der Waals surface area contributed by atoms with Crippen molar-refractivity contribution in [2.75, 3.05) is 24.8 Å². The summed E-state index contributed by atoms with van der Waals surface area (Å²) < 4.78 is 52.0. The first kappa shape index (κ1) is 28.3. The number of benzene rings is 2. The van der Waals surface area contributed by atoms with E-state index >= 15 is 0 Å². The van der Waals surface area contributed by atoms with Gasteiger partial charge in [-0.05, 0) is 23.1 Å². The monoisotopic (exact) mass is 541 g/mol. The molecule has 0 aliphatic carbocycles. The van der Waals surface area contributed by atoms with Gasteiger partial charge in [0.1, 0.15) is 5.82 Å². The van der Waals surface area contributed by atoms with Crippen molar-refractivity contribution < 1.29 is 32.0 Å². The minimum atomic E-state index is -4.49. The van der Waals surface area contributed by atoms with Crippen molar-refractivity contribution in [1.29, 1.82) is 0 Å². The number of halogens is 5. The van der Waals surface area contributed by atoms with Crippen molar-refractivity contribution in [2.24, 2.45) is 0 Å². The lowest BCUT2D eigenvalue weighted by atomic mass is 10.2. The number of hydrazine groups is 1. The van der Waals surface area contributed by atoms with E-state index in [0.717, 1.165) is 20.8 Å². The normalized spacial score (nSPS) is 12.4. The molecule has 0 bridgehead atoms. The molecule has 1 heterocycles. The first-order valence-electron chi connectivity index (χ1n) is 11.0. The largest absolute Gasteiger partial charge is 0.401 e. The summed E-state index contributed by atoms with van der Waals surface area (Å²) in [7, 11) is 0. The second-order valence-electron chi connectivity index (χ2n) is 7.95. The number of nitrogens with one attached hydrogen (secondary N) is 2. The summed E-state index contributed by atoms with van der Waals surface area (Å²) in [4.78, 5) is 33.9. The molecule has 198 valence electrons. The Morgan fingerprint density at radius 3 is 2.59 bits per heavy atom. The van der Waals surface area contributed by atoms with Gasteiger partial charge < -0.3 is 5.32 Å². The maximum absolute atomic E-state index is 13.8. The number of nitrogens with zero attached hydrogens (tertiary/aromatic N) is 3. The predicted octanol–water partition coefficient (Wildman–Crippen LogP) is 4.00. The zero-order valence-corrected chi connectivity index (χ0v) is 20.4. The quantitative estimate of drug-likeness (QED) is 0.205. The van der Waals surface area contributed by atoms with Gasteiger partial charge in [0.25, 0.3) is 0 Å². The Morgan fingerprint density at radius 1 is 1.19 bits per heavy atom. The highest BCUT2D eigenvalue weighted by molar-refractivity contribution is 6.31. The van der Waals surface area contributed by atoms with Gasteiger partial charge >= 0.3 is 6.18 Å². The third-order valence-corrected chi connectivity index (χ3v) is 5.65. The first-order valence-corrected chi connectivity index (χ1v) is 11.4. The third-order valence-electron chi connectivity index (χ3n) is 5.23. The van der Waals surface area contributed by atoms with E-state index in [9.17, 15) is 27.2 Å². The Bertz CT molecular complexity index is 1230. The zero-order chi connectivity index (χ0) is 27.0. The van der Waals surface area contributed by atoms with E-state index in [2.05, 4.69) is 15.7 Å². The van der Waals surface area contributed by atoms with Crippen LogP contribution in [0.15, 0.2) is 54.7 Å². The molecule has 37 heavy (non-hydrogen) atoms. The summed E-state index contributed by atoms with van der Waals surface area (Å²) in [6, 6.07) is 12.0. The minimum Gasteiger partial charge on any atom is -0.306 e. The standard InChI is InChI=1S/C24H24ClF4N5O3/c1-16(36)34(32-11-19-7-4-8-21(26)23(19)25)20(12-30-14-24(27,28)29)13-37-33(15-35)22-9-17-5-2-3-6-18(17)10-31-22/h2-10,15,20,30,32H,11-14H2,1H3/t20-/m0/s1. The van der Waals surface area contributed by atoms with E-state index in [0.29, 0.717) is 12.0 Å². The molecule has 0 radical (unpaired) electrons. The maximum atomic E-state index is 13.8. The van der Waals surface area contributed by atoms with Gasteiger partial charge in [0, 0.05) is 31.6 Å². The number of alkyl halides is 3. The van der Waals surface area contributed by atoms with Gasteiger partial charge in [-0.15, -0.1) is 0 Å². The van der Waals surface area contributed by atoms with Crippen molar-refractivity contribution in [1.82, 2.24) is 20.7 Å². The number of amides is 2. The lowest BCUT2D eigenvalue weighted by Crippen LogP contribution is -2.55. The van der Waals surface area contributed by atoms with Crippen LogP contribution in [-0.2, 0) is 21.0 Å². The number of pyridine rings is 1. The fourth-order valence-corrected chi connectivity index (χ4v) is 3.66. The molecule has 1 atom stereocenters. The average Bonchev–Trinajstić information content (AvgIpc) is 2.85. The van der Waals surface area contributed by atoms with Crippen LogP contribution in [0.25, 0.3) is 10.8 Å². The lowest BCUT2D eigenvalue weighted by Gasteiger charge is -2.32. The number of fused-ring (bicyclic) bond motifs is 1. The maximum Gasteiger partial charge on any atom is 0.401 e. The van der Waals surface area contributed by atoms with Gasteiger partial charge in [-0.1, -0.05) is 48.0 Å². The number of carbonyl (C=O) groups excluding carboxylic acids is 2. The van der Waals surface area contributed by atoms with Crippen LogP contribution < -0.4 is 15.8 Å². The highest BCUT2D eigenvalue weighted by atomic mass is 35.5. The van der Waals surface area contributed by atoms with Gasteiger partial charge in [0.05, 0.1) is 24.2 Å². The number of carbonyl (C=O) groups is 2. The topological polar surface area (TPSA) is 86.8 Å². The fraction of sp³-hybridized carbons (Fsp3) is 0.292. The van der Waals surface area contributed by atoms with Crippen LogP contribution in [-0.4, -0.2) is 54.2 Å². The summed E-state index contributed by atoms with van der Waals surface area (Å²) in [5, 5.41) is 5.56. The minimum absolute atomic E-state index is 0.102. The molecule has 0 saturated heterocycles. The van der Waals surface area contributed by atoms with Crippen LogP contribution in [0.1, 0.15) is 12.5 Å². The van der Waals surface area contributed by atoms with E-state index in [4.69, 9.17) is 16.4 Å². The van der Waals surface area contributed by atoms with Crippen molar-refractivity contribution >= 4 is 40.5 Å². The van der Waals surface area contributed by atoms with Gasteiger partial charge in [-0.25, -0.2) is 14.8 Å². The molecule has 8 nitrogen and oxygen atoms in total. The van der Waals surface area contributed by atoms with Crippen LogP contribution in [0.5, 0.6) is 0 Å². The lowest BCUT2D eigenvalue weighted by molar-refractivity contribution is -0.138. The Morgan fingerprint density at radius 2 is 1.92 bits per heavy atom. The zero-order valence-electron chi connectivity index (χ0n) is 19.6. The summed E-state index contributed by atoms with van der Waals surface area (Å²) in [6.45, 7) is -0.953. The summed E-state index contributed by atoms with van der Waals surface area (Å²) in [5.74, 6) is -1.08. The van der Waals surface area contributed by atoms with E-state index in [1.165, 1.54) is 25.1 Å². The Kier molecular flexibility index (Phi) is 9.75. The number of anilines is 1. The number of hydrogen-bond donors (Lipinski definition) is 2.